The number of aryl methyl sites for hydroxylation is 1. The number of aromatic amines is 1. The standard InChI is InChI=1S/C24H28F4N4O3/c1-12(2)29-21(33)17-16(10-35-6)32(22(34)14-7-8-15(25)13(3)9-14)11-23(4,5)18-19(17)30-31-20(18)24(26,27)28/h7-9,12H,10-11H2,1-6H3,(H,29,33)(H,30,31). The molecule has 1 aliphatic heterocycles. The van der Waals surface area contributed by atoms with Gasteiger partial charge in [-0.3, -0.25) is 14.7 Å². The molecule has 1 aromatic carbocycles. The molecule has 190 valence electrons. The number of hydrogen-bond donors (Lipinski definition) is 2. The lowest BCUT2D eigenvalue weighted by Crippen LogP contribution is -2.41. The van der Waals surface area contributed by atoms with Crippen LogP contribution in [-0.2, 0) is 21.1 Å². The van der Waals surface area contributed by atoms with E-state index in [1.807, 2.05) is 0 Å². The third-order valence-electron chi connectivity index (χ3n) is 5.71. The van der Waals surface area contributed by atoms with E-state index in [9.17, 15) is 27.2 Å². The van der Waals surface area contributed by atoms with Crippen molar-refractivity contribution >= 4 is 17.4 Å². The fraction of sp³-hybridized carbons (Fsp3) is 0.458. The highest BCUT2D eigenvalue weighted by molar-refractivity contribution is 6.21. The summed E-state index contributed by atoms with van der Waals surface area (Å²) in [6.45, 7) is 7.52. The van der Waals surface area contributed by atoms with Crippen molar-refractivity contribution in [1.82, 2.24) is 20.4 Å². The van der Waals surface area contributed by atoms with E-state index in [-0.39, 0.29) is 52.8 Å². The Morgan fingerprint density at radius 3 is 2.49 bits per heavy atom. The van der Waals surface area contributed by atoms with Gasteiger partial charge in [-0.2, -0.15) is 18.3 Å². The number of alkyl halides is 3. The van der Waals surface area contributed by atoms with Crippen molar-refractivity contribution in [2.24, 2.45) is 0 Å². The first-order chi connectivity index (χ1) is 16.2. The Bertz CT molecular complexity index is 1180. The van der Waals surface area contributed by atoms with Gasteiger partial charge >= 0.3 is 6.18 Å². The molecule has 2 aromatic rings. The van der Waals surface area contributed by atoms with Gasteiger partial charge in [0, 0.05) is 36.2 Å². The van der Waals surface area contributed by atoms with E-state index in [0.717, 1.165) is 6.07 Å². The van der Waals surface area contributed by atoms with Crippen molar-refractivity contribution < 1.29 is 31.9 Å². The predicted octanol–water partition coefficient (Wildman–Crippen LogP) is 4.19. The Morgan fingerprint density at radius 2 is 1.94 bits per heavy atom. The number of aromatic nitrogens is 2. The lowest BCUT2D eigenvalue weighted by molar-refractivity contribution is -0.142. The predicted molar refractivity (Wildman–Crippen MR) is 121 cm³/mol. The van der Waals surface area contributed by atoms with E-state index in [1.165, 1.54) is 31.1 Å². The van der Waals surface area contributed by atoms with Crippen LogP contribution in [0, 0.1) is 12.7 Å². The number of H-pyrrole nitrogens is 1. The van der Waals surface area contributed by atoms with Crippen LogP contribution in [0.1, 0.15) is 60.6 Å². The van der Waals surface area contributed by atoms with Crippen LogP contribution in [0.4, 0.5) is 17.6 Å². The van der Waals surface area contributed by atoms with Crippen molar-refractivity contribution in [3.8, 4) is 0 Å². The number of rotatable bonds is 5. The molecule has 0 spiro atoms. The Labute approximate surface area is 200 Å². The first-order valence-corrected chi connectivity index (χ1v) is 11.0. The zero-order chi connectivity index (χ0) is 26.3. The lowest BCUT2D eigenvalue weighted by Gasteiger charge is -2.33. The average Bonchev–Trinajstić information content (AvgIpc) is 3.16. The van der Waals surface area contributed by atoms with Crippen molar-refractivity contribution in [2.75, 3.05) is 20.3 Å². The number of halogens is 4. The quantitative estimate of drug-likeness (QED) is 0.608. The molecule has 0 saturated heterocycles. The molecule has 7 nitrogen and oxygen atoms in total. The number of ether oxygens (including phenoxy) is 1. The van der Waals surface area contributed by atoms with Crippen LogP contribution >= 0.6 is 0 Å². The van der Waals surface area contributed by atoms with Crippen LogP contribution in [0.5, 0.6) is 0 Å². The normalized spacial score (nSPS) is 15.8. The fourth-order valence-corrected chi connectivity index (χ4v) is 4.22. The molecule has 1 aromatic heterocycles. The number of carbonyl (C=O) groups excluding carboxylic acids is 2. The van der Waals surface area contributed by atoms with Crippen LogP contribution in [0.15, 0.2) is 23.9 Å². The van der Waals surface area contributed by atoms with Crippen molar-refractivity contribution in [1.29, 1.82) is 0 Å². The van der Waals surface area contributed by atoms with E-state index in [2.05, 4.69) is 15.5 Å². The van der Waals surface area contributed by atoms with Crippen LogP contribution in [0.2, 0.25) is 0 Å². The number of nitrogens with zero attached hydrogens (tertiary/aromatic N) is 2. The summed E-state index contributed by atoms with van der Waals surface area (Å²) in [5, 5.41) is 8.65. The molecule has 0 aliphatic carbocycles. The van der Waals surface area contributed by atoms with E-state index in [0.29, 0.717) is 0 Å². The van der Waals surface area contributed by atoms with E-state index >= 15 is 0 Å². The first kappa shape index (κ1) is 26.4. The Morgan fingerprint density at radius 1 is 1.29 bits per heavy atom. The highest BCUT2D eigenvalue weighted by Crippen LogP contribution is 2.44. The second-order valence-electron chi connectivity index (χ2n) is 9.44. The van der Waals surface area contributed by atoms with Gasteiger partial charge in [0.25, 0.3) is 11.8 Å². The largest absolute Gasteiger partial charge is 0.433 e. The highest BCUT2D eigenvalue weighted by Gasteiger charge is 2.47. The number of hydrogen-bond acceptors (Lipinski definition) is 4. The Balaban J connectivity index is 2.33. The summed E-state index contributed by atoms with van der Waals surface area (Å²) < 4.78 is 61.0. The van der Waals surface area contributed by atoms with E-state index < -0.39 is 34.9 Å². The molecule has 2 amide bonds. The minimum atomic E-state index is -4.77. The third kappa shape index (κ3) is 5.09. The maximum atomic E-state index is 13.9. The summed E-state index contributed by atoms with van der Waals surface area (Å²) in [5.41, 5.74) is -2.57. The third-order valence-corrected chi connectivity index (χ3v) is 5.71. The minimum Gasteiger partial charge on any atom is -0.378 e. The molecule has 0 atom stereocenters. The first-order valence-electron chi connectivity index (χ1n) is 11.0. The van der Waals surface area contributed by atoms with Crippen LogP contribution in [0.3, 0.4) is 0 Å². The molecule has 0 fully saturated rings. The Kier molecular flexibility index (Phi) is 7.12. The second kappa shape index (κ2) is 9.44. The molecule has 35 heavy (non-hydrogen) atoms. The van der Waals surface area contributed by atoms with E-state index in [1.54, 1.807) is 27.7 Å². The molecule has 0 unspecified atom stereocenters. The average molecular weight is 497 g/mol. The summed E-state index contributed by atoms with van der Waals surface area (Å²) in [5.74, 6) is -1.80. The van der Waals surface area contributed by atoms with E-state index in [4.69, 9.17) is 4.74 Å². The molecule has 0 radical (unpaired) electrons. The van der Waals surface area contributed by atoms with Gasteiger partial charge in [0.2, 0.25) is 0 Å². The minimum absolute atomic E-state index is 0.0599. The fourth-order valence-electron chi connectivity index (χ4n) is 4.22. The number of benzene rings is 1. The molecule has 1 aliphatic rings. The maximum Gasteiger partial charge on any atom is 0.433 e. The number of nitrogens with one attached hydrogen (secondary N) is 2. The maximum absolute atomic E-state index is 13.9. The number of carbonyl (C=O) groups is 2. The summed E-state index contributed by atoms with van der Waals surface area (Å²) in [6, 6.07) is 3.45. The monoisotopic (exact) mass is 496 g/mol. The Hall–Kier alpha value is -3.21. The zero-order valence-electron chi connectivity index (χ0n) is 20.4. The molecule has 2 N–H and O–H groups in total. The molecule has 0 bridgehead atoms. The van der Waals surface area contributed by atoms with Gasteiger partial charge in [0.15, 0.2) is 0 Å². The molecule has 0 saturated carbocycles. The molecule has 3 rings (SSSR count). The number of amides is 2. The molecular weight excluding hydrogens is 468 g/mol. The SMILES string of the molecule is COCC1=C(C(=O)NC(C)C)c2n[nH]c(C(F)(F)F)c2C(C)(C)CN1C(=O)c1ccc(F)c(C)c1. The topological polar surface area (TPSA) is 87.3 Å². The van der Waals surface area contributed by atoms with Crippen molar-refractivity contribution in [3.05, 3.63) is 57.8 Å². The summed E-state index contributed by atoms with van der Waals surface area (Å²) in [7, 11) is 1.35. The van der Waals surface area contributed by atoms with Gasteiger partial charge in [-0.1, -0.05) is 13.8 Å². The van der Waals surface area contributed by atoms with Gasteiger partial charge in [-0.05, 0) is 44.5 Å². The van der Waals surface area contributed by atoms with Crippen LogP contribution < -0.4 is 5.32 Å². The highest BCUT2D eigenvalue weighted by atomic mass is 19.4. The molecule has 11 heteroatoms. The van der Waals surface area contributed by atoms with Gasteiger partial charge in [0.05, 0.1) is 17.9 Å². The summed E-state index contributed by atoms with van der Waals surface area (Å²) >= 11 is 0. The smallest absolute Gasteiger partial charge is 0.378 e. The summed E-state index contributed by atoms with van der Waals surface area (Å²) in [4.78, 5) is 28.2. The van der Waals surface area contributed by atoms with Gasteiger partial charge < -0.3 is 15.0 Å². The summed E-state index contributed by atoms with van der Waals surface area (Å²) in [6.07, 6.45) is -4.77. The van der Waals surface area contributed by atoms with Gasteiger partial charge in [0.1, 0.15) is 17.2 Å². The number of methoxy groups -OCH3 is 1. The van der Waals surface area contributed by atoms with Gasteiger partial charge in [-0.25, -0.2) is 4.39 Å². The van der Waals surface area contributed by atoms with Crippen LogP contribution in [-0.4, -0.2) is 53.2 Å². The van der Waals surface area contributed by atoms with Crippen molar-refractivity contribution in [2.45, 2.75) is 52.3 Å². The molecule has 2 heterocycles. The molecular formula is C24H28F4N4O3. The zero-order valence-corrected chi connectivity index (χ0v) is 20.4. The second-order valence-corrected chi connectivity index (χ2v) is 9.44. The van der Waals surface area contributed by atoms with Gasteiger partial charge in [-0.15, -0.1) is 0 Å². The van der Waals surface area contributed by atoms with Crippen molar-refractivity contribution in [3.63, 3.8) is 0 Å². The lowest BCUT2D eigenvalue weighted by atomic mass is 9.81. The number of fused-ring (bicyclic) bond motifs is 1. The van der Waals surface area contributed by atoms with Crippen LogP contribution in [0.25, 0.3) is 5.57 Å².